The minimum absolute atomic E-state index is 0.449. The average molecular weight is 255 g/mol. The van der Waals surface area contributed by atoms with E-state index in [1.54, 1.807) is 25.1 Å². The highest BCUT2D eigenvalue weighted by molar-refractivity contribution is 9.10. The molecule has 1 aromatic carbocycles. The number of halogens is 1. The summed E-state index contributed by atoms with van der Waals surface area (Å²) >= 11 is 3.25. The number of rotatable bonds is 2. The zero-order chi connectivity index (χ0) is 10.7. The standard InChI is InChI=1S/C10H11BrN2O/c1-6(14)10(13)7-2-3-9(11)8(4-7)5-12/h2-4,6,10,14H,13H2,1H3. The second kappa shape index (κ2) is 4.56. The molecule has 0 heterocycles. The van der Waals surface area contributed by atoms with Gasteiger partial charge in [0.15, 0.2) is 0 Å². The van der Waals surface area contributed by atoms with E-state index in [2.05, 4.69) is 15.9 Å². The van der Waals surface area contributed by atoms with E-state index >= 15 is 0 Å². The van der Waals surface area contributed by atoms with Crippen LogP contribution < -0.4 is 5.73 Å². The van der Waals surface area contributed by atoms with E-state index in [9.17, 15) is 5.11 Å². The summed E-state index contributed by atoms with van der Waals surface area (Å²) in [6.07, 6.45) is -0.622. The van der Waals surface area contributed by atoms with Gasteiger partial charge in [-0.25, -0.2) is 0 Å². The van der Waals surface area contributed by atoms with Crippen LogP contribution in [0.25, 0.3) is 0 Å². The molecule has 0 aliphatic heterocycles. The Labute approximate surface area is 91.3 Å². The highest BCUT2D eigenvalue weighted by atomic mass is 79.9. The number of benzene rings is 1. The number of nitriles is 1. The monoisotopic (exact) mass is 254 g/mol. The van der Waals surface area contributed by atoms with Crippen molar-refractivity contribution in [2.75, 3.05) is 0 Å². The van der Waals surface area contributed by atoms with Crippen LogP contribution in [0.3, 0.4) is 0 Å². The minimum atomic E-state index is -0.622. The Kier molecular flexibility index (Phi) is 3.64. The lowest BCUT2D eigenvalue weighted by Gasteiger charge is -2.15. The van der Waals surface area contributed by atoms with Gasteiger partial charge in [-0.1, -0.05) is 6.07 Å². The molecule has 3 nitrogen and oxygen atoms in total. The smallest absolute Gasteiger partial charge is 0.100 e. The maximum atomic E-state index is 9.29. The number of hydrogen-bond donors (Lipinski definition) is 2. The second-order valence-corrected chi connectivity index (χ2v) is 3.97. The summed E-state index contributed by atoms with van der Waals surface area (Å²) in [5.74, 6) is 0. The molecular weight excluding hydrogens is 244 g/mol. The summed E-state index contributed by atoms with van der Waals surface area (Å²) in [4.78, 5) is 0. The van der Waals surface area contributed by atoms with Crippen molar-refractivity contribution in [2.24, 2.45) is 5.73 Å². The largest absolute Gasteiger partial charge is 0.391 e. The van der Waals surface area contributed by atoms with Crippen molar-refractivity contribution in [3.8, 4) is 6.07 Å². The van der Waals surface area contributed by atoms with Crippen LogP contribution in [0.1, 0.15) is 24.1 Å². The van der Waals surface area contributed by atoms with Crippen LogP contribution in [0.5, 0.6) is 0 Å². The quantitative estimate of drug-likeness (QED) is 0.844. The van der Waals surface area contributed by atoms with Crippen LogP contribution >= 0.6 is 15.9 Å². The van der Waals surface area contributed by atoms with Gasteiger partial charge in [0.2, 0.25) is 0 Å². The van der Waals surface area contributed by atoms with E-state index in [0.717, 1.165) is 10.0 Å². The molecule has 3 N–H and O–H groups in total. The lowest BCUT2D eigenvalue weighted by atomic mass is 10.0. The van der Waals surface area contributed by atoms with E-state index in [1.165, 1.54) is 0 Å². The molecule has 0 aliphatic rings. The lowest BCUT2D eigenvalue weighted by Crippen LogP contribution is -2.23. The van der Waals surface area contributed by atoms with E-state index < -0.39 is 12.1 Å². The van der Waals surface area contributed by atoms with Crippen LogP contribution in [0.15, 0.2) is 22.7 Å². The summed E-state index contributed by atoms with van der Waals surface area (Å²) in [5, 5.41) is 18.1. The van der Waals surface area contributed by atoms with Crippen molar-refractivity contribution >= 4 is 15.9 Å². The normalized spacial score (nSPS) is 14.5. The summed E-state index contributed by atoms with van der Waals surface area (Å²) in [7, 11) is 0. The van der Waals surface area contributed by atoms with Crippen LogP contribution in [0, 0.1) is 11.3 Å². The Morgan fingerprint density at radius 1 is 1.57 bits per heavy atom. The Balaban J connectivity index is 3.08. The van der Waals surface area contributed by atoms with Crippen molar-refractivity contribution in [1.29, 1.82) is 5.26 Å². The predicted molar refractivity (Wildman–Crippen MR) is 57.5 cm³/mol. The van der Waals surface area contributed by atoms with Gasteiger partial charge in [-0.2, -0.15) is 5.26 Å². The van der Waals surface area contributed by atoms with Gasteiger partial charge in [-0.15, -0.1) is 0 Å². The molecule has 0 radical (unpaired) electrons. The fourth-order valence-corrected chi connectivity index (χ4v) is 1.45. The molecular formula is C10H11BrN2O. The van der Waals surface area contributed by atoms with Crippen LogP contribution in [0.4, 0.5) is 0 Å². The molecule has 0 aromatic heterocycles. The van der Waals surface area contributed by atoms with E-state index in [4.69, 9.17) is 11.0 Å². The number of aliphatic hydroxyl groups excluding tert-OH is 1. The number of nitrogens with two attached hydrogens (primary N) is 1. The summed E-state index contributed by atoms with van der Waals surface area (Å²) < 4.78 is 0.738. The molecule has 0 saturated heterocycles. The summed E-state index contributed by atoms with van der Waals surface area (Å²) in [6.45, 7) is 1.62. The first-order valence-corrected chi connectivity index (χ1v) is 4.98. The Morgan fingerprint density at radius 2 is 2.21 bits per heavy atom. The van der Waals surface area contributed by atoms with E-state index in [1.807, 2.05) is 6.07 Å². The Morgan fingerprint density at radius 3 is 2.71 bits per heavy atom. The fraction of sp³-hybridized carbons (Fsp3) is 0.300. The van der Waals surface area contributed by atoms with Crippen molar-refractivity contribution in [3.05, 3.63) is 33.8 Å². The molecule has 0 spiro atoms. The maximum absolute atomic E-state index is 9.29. The number of hydrogen-bond acceptors (Lipinski definition) is 3. The minimum Gasteiger partial charge on any atom is -0.391 e. The van der Waals surface area contributed by atoms with E-state index in [0.29, 0.717) is 5.56 Å². The molecule has 0 aliphatic carbocycles. The number of aliphatic hydroxyl groups is 1. The average Bonchev–Trinajstić information content (AvgIpc) is 2.17. The van der Waals surface area contributed by atoms with Crippen molar-refractivity contribution < 1.29 is 5.11 Å². The molecule has 4 heteroatoms. The van der Waals surface area contributed by atoms with Gasteiger partial charge in [0.05, 0.1) is 17.7 Å². The van der Waals surface area contributed by atoms with Gasteiger partial charge in [-0.3, -0.25) is 0 Å². The second-order valence-electron chi connectivity index (χ2n) is 3.12. The molecule has 2 unspecified atom stereocenters. The molecule has 14 heavy (non-hydrogen) atoms. The zero-order valence-corrected chi connectivity index (χ0v) is 9.32. The summed E-state index contributed by atoms with van der Waals surface area (Å²) in [5.41, 5.74) is 7.03. The molecule has 2 atom stereocenters. The zero-order valence-electron chi connectivity index (χ0n) is 7.74. The van der Waals surface area contributed by atoms with Gasteiger partial charge >= 0.3 is 0 Å². The molecule has 1 rings (SSSR count). The molecule has 0 bridgehead atoms. The molecule has 74 valence electrons. The maximum Gasteiger partial charge on any atom is 0.100 e. The third-order valence-corrected chi connectivity index (χ3v) is 2.71. The predicted octanol–water partition coefficient (Wildman–Crippen LogP) is 1.70. The van der Waals surface area contributed by atoms with E-state index in [-0.39, 0.29) is 0 Å². The van der Waals surface area contributed by atoms with Gasteiger partial charge in [0.25, 0.3) is 0 Å². The third kappa shape index (κ3) is 2.32. The van der Waals surface area contributed by atoms with Crippen LogP contribution in [0.2, 0.25) is 0 Å². The first-order valence-electron chi connectivity index (χ1n) is 4.19. The van der Waals surface area contributed by atoms with Gasteiger partial charge in [0.1, 0.15) is 6.07 Å². The topological polar surface area (TPSA) is 70.0 Å². The first-order chi connectivity index (χ1) is 6.56. The Hall–Kier alpha value is -0.890. The SMILES string of the molecule is CC(O)C(N)c1ccc(Br)c(C#N)c1. The highest BCUT2D eigenvalue weighted by Crippen LogP contribution is 2.21. The molecule has 1 aromatic rings. The van der Waals surface area contributed by atoms with Crippen molar-refractivity contribution in [1.82, 2.24) is 0 Å². The Bertz CT molecular complexity index is 371. The van der Waals surface area contributed by atoms with Gasteiger partial charge in [-0.05, 0) is 40.5 Å². The highest BCUT2D eigenvalue weighted by Gasteiger charge is 2.13. The van der Waals surface area contributed by atoms with Gasteiger partial charge < -0.3 is 10.8 Å². The first kappa shape index (κ1) is 11.2. The molecule has 0 fully saturated rings. The van der Waals surface area contributed by atoms with Gasteiger partial charge in [0, 0.05) is 4.47 Å². The lowest BCUT2D eigenvalue weighted by molar-refractivity contribution is 0.164. The number of nitrogens with zero attached hydrogens (tertiary/aromatic N) is 1. The molecule has 0 amide bonds. The summed E-state index contributed by atoms with van der Waals surface area (Å²) in [6, 6.07) is 6.83. The third-order valence-electron chi connectivity index (χ3n) is 2.02. The van der Waals surface area contributed by atoms with Crippen LogP contribution in [-0.4, -0.2) is 11.2 Å². The van der Waals surface area contributed by atoms with Crippen LogP contribution in [-0.2, 0) is 0 Å². The van der Waals surface area contributed by atoms with Crippen molar-refractivity contribution in [2.45, 2.75) is 19.1 Å². The fourth-order valence-electron chi connectivity index (χ4n) is 1.11. The van der Waals surface area contributed by atoms with Crippen molar-refractivity contribution in [3.63, 3.8) is 0 Å². The molecule has 0 saturated carbocycles.